The molecule has 1 rings (SSSR count). The van der Waals surface area contributed by atoms with E-state index in [0.29, 0.717) is 12.5 Å². The normalized spacial score (nSPS) is 25.0. The van der Waals surface area contributed by atoms with Gasteiger partial charge in [0, 0.05) is 13.0 Å². The molecule has 0 unspecified atom stereocenters. The van der Waals surface area contributed by atoms with Crippen molar-refractivity contribution in [3.05, 3.63) is 0 Å². The highest BCUT2D eigenvalue weighted by Gasteiger charge is 2.13. The Balaban J connectivity index is 2.09. The number of ketones is 1. The maximum atomic E-state index is 10.6. The zero-order valence-electron chi connectivity index (χ0n) is 7.14. The van der Waals surface area contributed by atoms with Crippen LogP contribution in [0.4, 0.5) is 0 Å². The molecule has 2 heteroatoms. The van der Waals surface area contributed by atoms with E-state index < -0.39 is 0 Å². The van der Waals surface area contributed by atoms with Gasteiger partial charge in [0.15, 0.2) is 0 Å². The summed E-state index contributed by atoms with van der Waals surface area (Å²) in [7, 11) is 0. The second-order valence-corrected chi connectivity index (χ2v) is 3.23. The van der Waals surface area contributed by atoms with E-state index >= 15 is 0 Å². The molecule has 0 aromatic carbocycles. The molecule has 0 bridgehead atoms. The van der Waals surface area contributed by atoms with E-state index in [2.05, 4.69) is 0 Å². The number of Topliss-reactive ketones (excluding diaryl/α,β-unsaturated/α-hetero) is 1. The number of carbonyl (C=O) groups excluding carboxylic acids is 1. The molecule has 1 aliphatic rings. The van der Waals surface area contributed by atoms with Crippen molar-refractivity contribution in [1.29, 1.82) is 0 Å². The van der Waals surface area contributed by atoms with Gasteiger partial charge >= 0.3 is 0 Å². The zero-order chi connectivity index (χ0) is 8.10. The minimum Gasteiger partial charge on any atom is -0.378 e. The zero-order valence-corrected chi connectivity index (χ0v) is 7.14. The van der Waals surface area contributed by atoms with Crippen molar-refractivity contribution in [3.63, 3.8) is 0 Å². The first kappa shape index (κ1) is 8.72. The molecule has 1 aliphatic heterocycles. The third-order valence-electron chi connectivity index (χ3n) is 2.09. The van der Waals surface area contributed by atoms with E-state index in [9.17, 15) is 4.79 Å². The lowest BCUT2D eigenvalue weighted by atomic mass is 10.0. The van der Waals surface area contributed by atoms with Crippen molar-refractivity contribution in [1.82, 2.24) is 0 Å². The lowest BCUT2D eigenvalue weighted by Crippen LogP contribution is -2.19. The maximum Gasteiger partial charge on any atom is 0.129 e. The molecule has 0 radical (unpaired) electrons. The van der Waals surface area contributed by atoms with Crippen molar-refractivity contribution in [2.24, 2.45) is 0 Å². The van der Waals surface area contributed by atoms with Crippen molar-refractivity contribution < 1.29 is 9.53 Å². The Morgan fingerprint density at radius 3 is 2.91 bits per heavy atom. The molecular weight excluding hydrogens is 140 g/mol. The van der Waals surface area contributed by atoms with Crippen molar-refractivity contribution >= 4 is 5.78 Å². The lowest BCUT2D eigenvalue weighted by Gasteiger charge is -2.21. The van der Waals surface area contributed by atoms with Gasteiger partial charge in [0.25, 0.3) is 0 Å². The summed E-state index contributed by atoms with van der Waals surface area (Å²) in [5.41, 5.74) is 0. The number of rotatable bonds is 3. The molecule has 1 saturated heterocycles. The number of carbonyl (C=O) groups is 1. The van der Waals surface area contributed by atoms with Gasteiger partial charge in [-0.3, -0.25) is 0 Å². The van der Waals surface area contributed by atoms with E-state index in [1.165, 1.54) is 12.8 Å². The minimum atomic E-state index is 0.277. The SMILES string of the molecule is CC(=O)CC[C@H]1CCCCO1. The molecule has 1 atom stereocenters. The lowest BCUT2D eigenvalue weighted by molar-refractivity contribution is -0.118. The van der Waals surface area contributed by atoms with E-state index in [-0.39, 0.29) is 5.78 Å². The van der Waals surface area contributed by atoms with E-state index in [4.69, 9.17) is 4.74 Å². The Morgan fingerprint density at radius 2 is 2.36 bits per heavy atom. The Bertz CT molecular complexity index is 126. The van der Waals surface area contributed by atoms with Gasteiger partial charge in [-0.25, -0.2) is 0 Å². The van der Waals surface area contributed by atoms with Crippen LogP contribution in [-0.4, -0.2) is 18.5 Å². The highest BCUT2D eigenvalue weighted by molar-refractivity contribution is 5.75. The van der Waals surface area contributed by atoms with Crippen LogP contribution in [0, 0.1) is 0 Å². The van der Waals surface area contributed by atoms with Crippen molar-refractivity contribution in [2.45, 2.75) is 45.1 Å². The Kier molecular flexibility index (Phi) is 3.57. The monoisotopic (exact) mass is 156 g/mol. The van der Waals surface area contributed by atoms with E-state index in [1.807, 2.05) is 0 Å². The van der Waals surface area contributed by atoms with Crippen LogP contribution in [0.3, 0.4) is 0 Å². The average molecular weight is 156 g/mol. The van der Waals surface area contributed by atoms with Gasteiger partial charge in [-0.05, 0) is 32.6 Å². The number of ether oxygens (including phenoxy) is 1. The summed E-state index contributed by atoms with van der Waals surface area (Å²) in [6.07, 6.45) is 5.58. The van der Waals surface area contributed by atoms with Gasteiger partial charge in [0.05, 0.1) is 6.10 Å². The maximum absolute atomic E-state index is 10.6. The first-order valence-corrected chi connectivity index (χ1v) is 4.40. The van der Waals surface area contributed by atoms with Gasteiger partial charge < -0.3 is 9.53 Å². The number of hydrogen-bond donors (Lipinski definition) is 0. The third kappa shape index (κ3) is 3.51. The highest BCUT2D eigenvalue weighted by atomic mass is 16.5. The molecular formula is C9H16O2. The molecule has 0 saturated carbocycles. The van der Waals surface area contributed by atoms with Gasteiger partial charge in [-0.1, -0.05) is 0 Å². The minimum absolute atomic E-state index is 0.277. The average Bonchev–Trinajstić information content (AvgIpc) is 2.03. The molecule has 0 aromatic rings. The van der Waals surface area contributed by atoms with Crippen LogP contribution in [0.1, 0.15) is 39.0 Å². The second kappa shape index (κ2) is 4.50. The molecule has 11 heavy (non-hydrogen) atoms. The molecule has 0 N–H and O–H groups in total. The van der Waals surface area contributed by atoms with Crippen LogP contribution >= 0.6 is 0 Å². The number of hydrogen-bond acceptors (Lipinski definition) is 2. The fourth-order valence-electron chi connectivity index (χ4n) is 1.40. The summed E-state index contributed by atoms with van der Waals surface area (Å²) in [4.78, 5) is 10.6. The Hall–Kier alpha value is -0.370. The molecule has 1 fully saturated rings. The van der Waals surface area contributed by atoms with Crippen LogP contribution in [0.15, 0.2) is 0 Å². The van der Waals surface area contributed by atoms with Gasteiger partial charge in [0.2, 0.25) is 0 Å². The van der Waals surface area contributed by atoms with Crippen LogP contribution in [0.25, 0.3) is 0 Å². The molecule has 1 heterocycles. The third-order valence-corrected chi connectivity index (χ3v) is 2.09. The fourth-order valence-corrected chi connectivity index (χ4v) is 1.40. The largest absolute Gasteiger partial charge is 0.378 e. The van der Waals surface area contributed by atoms with Gasteiger partial charge in [-0.2, -0.15) is 0 Å². The summed E-state index contributed by atoms with van der Waals surface area (Å²) < 4.78 is 5.48. The van der Waals surface area contributed by atoms with Gasteiger partial charge in [0.1, 0.15) is 5.78 Å². The topological polar surface area (TPSA) is 26.3 Å². The van der Waals surface area contributed by atoms with Crippen LogP contribution in [0.2, 0.25) is 0 Å². The molecule has 0 amide bonds. The van der Waals surface area contributed by atoms with Crippen molar-refractivity contribution in [3.8, 4) is 0 Å². The van der Waals surface area contributed by atoms with Gasteiger partial charge in [-0.15, -0.1) is 0 Å². The summed E-state index contributed by atoms with van der Waals surface area (Å²) in [5, 5.41) is 0. The molecule has 0 aromatic heterocycles. The van der Waals surface area contributed by atoms with Crippen LogP contribution < -0.4 is 0 Å². The Labute approximate surface area is 67.9 Å². The second-order valence-electron chi connectivity index (χ2n) is 3.23. The Morgan fingerprint density at radius 1 is 1.55 bits per heavy atom. The summed E-state index contributed by atoms with van der Waals surface area (Å²) in [5.74, 6) is 0.277. The smallest absolute Gasteiger partial charge is 0.129 e. The predicted octanol–water partition coefficient (Wildman–Crippen LogP) is 1.92. The standard InChI is InChI=1S/C9H16O2/c1-8(10)5-6-9-4-2-3-7-11-9/h9H,2-7H2,1H3/t9-/m1/s1. The highest BCUT2D eigenvalue weighted by Crippen LogP contribution is 2.16. The van der Waals surface area contributed by atoms with Crippen molar-refractivity contribution in [2.75, 3.05) is 6.61 Å². The fraction of sp³-hybridized carbons (Fsp3) is 0.889. The quantitative estimate of drug-likeness (QED) is 0.624. The summed E-state index contributed by atoms with van der Waals surface area (Å²) in [6.45, 7) is 2.53. The van der Waals surface area contributed by atoms with Crippen LogP contribution in [-0.2, 0) is 9.53 Å². The first-order valence-electron chi connectivity index (χ1n) is 4.40. The molecule has 0 spiro atoms. The summed E-state index contributed by atoms with van der Waals surface area (Å²) >= 11 is 0. The predicted molar refractivity (Wildman–Crippen MR) is 43.5 cm³/mol. The first-order chi connectivity index (χ1) is 5.29. The van der Waals surface area contributed by atoms with E-state index in [1.54, 1.807) is 6.92 Å². The molecule has 2 nitrogen and oxygen atoms in total. The summed E-state index contributed by atoms with van der Waals surface area (Å²) in [6, 6.07) is 0. The molecule has 64 valence electrons. The molecule has 0 aliphatic carbocycles. The van der Waals surface area contributed by atoms with E-state index in [0.717, 1.165) is 19.4 Å². The van der Waals surface area contributed by atoms with Crippen LogP contribution in [0.5, 0.6) is 0 Å².